The smallest absolute Gasteiger partial charge is 0.254 e. The van der Waals surface area contributed by atoms with Crippen LogP contribution in [0.2, 0.25) is 0 Å². The van der Waals surface area contributed by atoms with Crippen LogP contribution in [0.3, 0.4) is 0 Å². The van der Waals surface area contributed by atoms with E-state index in [4.69, 9.17) is 9.15 Å². The third kappa shape index (κ3) is 3.98. The number of furan rings is 1. The van der Waals surface area contributed by atoms with Crippen LogP contribution in [0, 0.1) is 0 Å². The molecule has 0 unspecified atom stereocenters. The number of ether oxygens (including phenoxy) is 1. The number of Topliss-reactive ketones (excluding diaryl/α,β-unsaturated/α-hetero) is 1. The molecule has 0 bridgehead atoms. The van der Waals surface area contributed by atoms with Crippen LogP contribution in [-0.4, -0.2) is 41.1 Å². The molecule has 1 saturated heterocycles. The number of fused-ring (bicyclic) bond motifs is 2. The first kappa shape index (κ1) is 22.8. The number of nitrogens with zero attached hydrogens (tertiary/aromatic N) is 2. The van der Waals surface area contributed by atoms with Gasteiger partial charge in [-0.3, -0.25) is 14.4 Å². The van der Waals surface area contributed by atoms with Crippen LogP contribution in [0.25, 0.3) is 11.0 Å². The zero-order valence-corrected chi connectivity index (χ0v) is 20.1. The van der Waals surface area contributed by atoms with E-state index in [9.17, 15) is 14.4 Å². The Hall–Kier alpha value is -4.66. The van der Waals surface area contributed by atoms with E-state index in [-0.39, 0.29) is 24.7 Å². The van der Waals surface area contributed by atoms with Crippen LogP contribution < -0.4 is 15.4 Å². The molecule has 2 aromatic heterocycles. The molecule has 2 N–H and O–H groups in total. The molecule has 37 heavy (non-hydrogen) atoms. The molecular formula is C28H24N4O5. The molecule has 1 atom stereocenters. The van der Waals surface area contributed by atoms with Gasteiger partial charge in [0.25, 0.3) is 5.91 Å². The number of hydrogen-bond acceptors (Lipinski definition) is 7. The highest BCUT2D eigenvalue weighted by Crippen LogP contribution is 2.37. The van der Waals surface area contributed by atoms with E-state index in [0.717, 1.165) is 22.3 Å². The number of amides is 2. The van der Waals surface area contributed by atoms with Crippen molar-refractivity contribution in [1.29, 1.82) is 0 Å². The fourth-order valence-electron chi connectivity index (χ4n) is 5.01. The molecule has 0 spiro atoms. The molecule has 2 aliphatic rings. The lowest BCUT2D eigenvalue weighted by atomic mass is 9.91. The molecule has 4 aromatic rings. The topological polar surface area (TPSA) is 114 Å². The summed E-state index contributed by atoms with van der Waals surface area (Å²) in [6, 6.07) is 18.5. The van der Waals surface area contributed by atoms with E-state index in [2.05, 4.69) is 15.6 Å². The van der Waals surface area contributed by atoms with Gasteiger partial charge in [-0.25, -0.2) is 4.98 Å². The number of rotatable bonds is 7. The Kier molecular flexibility index (Phi) is 5.40. The van der Waals surface area contributed by atoms with Gasteiger partial charge >= 0.3 is 0 Å². The molecule has 6 rings (SSSR count). The Labute approximate surface area is 212 Å². The monoisotopic (exact) mass is 496 g/mol. The number of anilines is 1. The van der Waals surface area contributed by atoms with Crippen LogP contribution in [0.15, 0.2) is 71.3 Å². The summed E-state index contributed by atoms with van der Waals surface area (Å²) in [6.07, 6.45) is 1.46. The van der Waals surface area contributed by atoms with Gasteiger partial charge in [0, 0.05) is 30.2 Å². The maximum Gasteiger partial charge on any atom is 0.254 e. The Bertz CT molecular complexity index is 1550. The third-order valence-corrected chi connectivity index (χ3v) is 6.91. The van der Waals surface area contributed by atoms with Gasteiger partial charge < -0.3 is 24.7 Å². The molecule has 2 amide bonds. The summed E-state index contributed by atoms with van der Waals surface area (Å²) in [5, 5.41) is 6.90. The first-order valence-corrected chi connectivity index (χ1v) is 11.9. The van der Waals surface area contributed by atoms with Gasteiger partial charge in [-0.2, -0.15) is 0 Å². The molecule has 2 aliphatic heterocycles. The van der Waals surface area contributed by atoms with Gasteiger partial charge in [0.2, 0.25) is 5.91 Å². The van der Waals surface area contributed by atoms with Gasteiger partial charge in [0.05, 0.1) is 20.1 Å². The predicted octanol–water partition coefficient (Wildman–Crippen LogP) is 3.39. The standard InChI is InChI=1S/C28H24N4O5/c1-36-20-7-6-18-15-32(27(35)21(18)12-20)16-28(23(33)13-26(34)31-28)24-11-19-10-17(5-8-22(19)37-24)14-30-25-4-2-3-9-29-25/h2-12H,13-16H2,1H3,(H,29,30)(H,31,34)/t28-/m1/s1. The molecule has 0 aliphatic carbocycles. The van der Waals surface area contributed by atoms with E-state index >= 15 is 0 Å². The Balaban J connectivity index is 1.30. The fraction of sp³-hybridized carbons (Fsp3) is 0.214. The molecular weight excluding hydrogens is 472 g/mol. The normalized spacial score (nSPS) is 18.8. The maximum absolute atomic E-state index is 13.3. The summed E-state index contributed by atoms with van der Waals surface area (Å²) in [6.45, 7) is 0.853. The molecule has 1 fully saturated rings. The number of benzene rings is 2. The van der Waals surface area contributed by atoms with E-state index in [1.807, 2.05) is 42.5 Å². The van der Waals surface area contributed by atoms with Crippen LogP contribution in [-0.2, 0) is 28.2 Å². The van der Waals surface area contributed by atoms with Crippen molar-refractivity contribution in [3.8, 4) is 5.75 Å². The Morgan fingerprint density at radius 3 is 2.76 bits per heavy atom. The lowest BCUT2D eigenvalue weighted by Crippen LogP contribution is -2.52. The van der Waals surface area contributed by atoms with Crippen molar-refractivity contribution in [2.75, 3.05) is 19.0 Å². The average molecular weight is 497 g/mol. The summed E-state index contributed by atoms with van der Waals surface area (Å²) < 4.78 is 11.4. The number of ketones is 1. The number of nitrogens with one attached hydrogen (secondary N) is 2. The van der Waals surface area contributed by atoms with E-state index in [0.29, 0.717) is 35.7 Å². The van der Waals surface area contributed by atoms with Gasteiger partial charge in [-0.15, -0.1) is 0 Å². The van der Waals surface area contributed by atoms with Crippen molar-refractivity contribution in [3.63, 3.8) is 0 Å². The average Bonchev–Trinajstić information content (AvgIpc) is 3.56. The predicted molar refractivity (Wildman–Crippen MR) is 135 cm³/mol. The van der Waals surface area contributed by atoms with Crippen LogP contribution in [0.4, 0.5) is 5.82 Å². The largest absolute Gasteiger partial charge is 0.497 e. The van der Waals surface area contributed by atoms with Crippen molar-refractivity contribution >= 4 is 34.4 Å². The number of pyridine rings is 1. The Morgan fingerprint density at radius 2 is 2.00 bits per heavy atom. The van der Waals surface area contributed by atoms with Gasteiger partial charge in [0.15, 0.2) is 11.3 Å². The van der Waals surface area contributed by atoms with Crippen molar-refractivity contribution in [3.05, 3.63) is 89.3 Å². The van der Waals surface area contributed by atoms with Crippen molar-refractivity contribution < 1.29 is 23.5 Å². The minimum atomic E-state index is -1.45. The zero-order chi connectivity index (χ0) is 25.6. The number of carbonyl (C=O) groups is 3. The minimum Gasteiger partial charge on any atom is -0.497 e. The van der Waals surface area contributed by atoms with E-state index in [1.165, 1.54) is 0 Å². The number of aromatic nitrogens is 1. The SMILES string of the molecule is COc1ccc2c(c1)C(=O)N(C[C@@]1(c3cc4cc(CNc5ccccn5)ccc4o3)NC(=O)CC1=O)C2. The van der Waals surface area contributed by atoms with Crippen molar-refractivity contribution in [1.82, 2.24) is 15.2 Å². The van der Waals surface area contributed by atoms with Crippen molar-refractivity contribution in [2.24, 2.45) is 0 Å². The lowest BCUT2D eigenvalue weighted by Gasteiger charge is -2.30. The highest BCUT2D eigenvalue weighted by atomic mass is 16.5. The minimum absolute atomic E-state index is 0.0265. The third-order valence-electron chi connectivity index (χ3n) is 6.91. The summed E-state index contributed by atoms with van der Waals surface area (Å²) in [5.74, 6) is 0.726. The summed E-state index contributed by atoms with van der Waals surface area (Å²) >= 11 is 0. The Morgan fingerprint density at radius 1 is 1.11 bits per heavy atom. The first-order chi connectivity index (χ1) is 17.9. The van der Waals surface area contributed by atoms with E-state index in [1.54, 1.807) is 36.4 Å². The molecule has 0 saturated carbocycles. The molecule has 9 nitrogen and oxygen atoms in total. The highest BCUT2D eigenvalue weighted by molar-refractivity contribution is 6.11. The summed E-state index contributed by atoms with van der Waals surface area (Å²) in [7, 11) is 1.54. The second kappa shape index (κ2) is 8.77. The second-order valence-corrected chi connectivity index (χ2v) is 9.29. The summed E-state index contributed by atoms with van der Waals surface area (Å²) in [4.78, 5) is 44.7. The maximum atomic E-state index is 13.3. The van der Waals surface area contributed by atoms with Crippen LogP contribution in [0.1, 0.15) is 33.7 Å². The molecule has 0 radical (unpaired) electrons. The van der Waals surface area contributed by atoms with Gasteiger partial charge in [-0.1, -0.05) is 18.2 Å². The molecule has 9 heteroatoms. The molecule has 2 aromatic carbocycles. The second-order valence-electron chi connectivity index (χ2n) is 9.29. The van der Waals surface area contributed by atoms with Gasteiger partial charge in [-0.05, 0) is 53.6 Å². The molecule has 4 heterocycles. The quantitative estimate of drug-likeness (QED) is 0.377. The van der Waals surface area contributed by atoms with Crippen LogP contribution in [0.5, 0.6) is 5.75 Å². The fourth-order valence-corrected chi connectivity index (χ4v) is 5.01. The highest BCUT2D eigenvalue weighted by Gasteiger charge is 2.52. The zero-order valence-electron chi connectivity index (χ0n) is 20.1. The lowest BCUT2D eigenvalue weighted by molar-refractivity contribution is -0.124. The number of hydrogen-bond donors (Lipinski definition) is 2. The summed E-state index contributed by atoms with van der Waals surface area (Å²) in [5.41, 5.74) is 1.50. The first-order valence-electron chi connectivity index (χ1n) is 11.9. The van der Waals surface area contributed by atoms with Gasteiger partial charge in [0.1, 0.15) is 22.9 Å². The number of carbonyl (C=O) groups excluding carboxylic acids is 3. The number of methoxy groups -OCH3 is 1. The van der Waals surface area contributed by atoms with Crippen molar-refractivity contribution in [2.45, 2.75) is 25.0 Å². The molecule has 186 valence electrons. The van der Waals surface area contributed by atoms with Crippen LogP contribution >= 0.6 is 0 Å². The van der Waals surface area contributed by atoms with E-state index < -0.39 is 11.4 Å².